The van der Waals surface area contributed by atoms with Gasteiger partial charge in [-0.2, -0.15) is 0 Å². The molecule has 0 unspecified atom stereocenters. The van der Waals surface area contributed by atoms with Gasteiger partial charge in [0.2, 0.25) is 0 Å². The lowest BCUT2D eigenvalue weighted by atomic mass is 10.1. The Labute approximate surface area is 150 Å². The summed E-state index contributed by atoms with van der Waals surface area (Å²) in [6.07, 6.45) is 0. The van der Waals surface area contributed by atoms with E-state index in [0.29, 0.717) is 20.3 Å². The van der Waals surface area contributed by atoms with Gasteiger partial charge < -0.3 is 14.4 Å². The quantitative estimate of drug-likeness (QED) is 0.750. The molecule has 0 aliphatic carbocycles. The predicted molar refractivity (Wildman–Crippen MR) is 96.2 cm³/mol. The van der Waals surface area contributed by atoms with Crippen molar-refractivity contribution in [2.75, 3.05) is 11.9 Å². The Bertz CT molecular complexity index is 1070. The Morgan fingerprint density at radius 1 is 1.20 bits per heavy atom. The number of halogens is 1. The van der Waals surface area contributed by atoms with Crippen molar-refractivity contribution in [2.24, 2.45) is 0 Å². The summed E-state index contributed by atoms with van der Waals surface area (Å²) in [5, 5.41) is 9.84. The first kappa shape index (κ1) is 17.2. The summed E-state index contributed by atoms with van der Waals surface area (Å²) >= 11 is 7.25. The van der Waals surface area contributed by atoms with Crippen LogP contribution in [0.25, 0.3) is 10.3 Å². The molecule has 0 bridgehead atoms. The van der Waals surface area contributed by atoms with E-state index in [1.807, 2.05) is 6.92 Å². The molecule has 0 spiro atoms. The van der Waals surface area contributed by atoms with Gasteiger partial charge in [-0.1, -0.05) is 23.2 Å². The molecule has 0 aliphatic rings. The number of hydrogen-bond acceptors (Lipinski definition) is 5. The fourth-order valence-corrected chi connectivity index (χ4v) is 3.49. The second-order valence-corrected chi connectivity index (χ2v) is 6.88. The van der Waals surface area contributed by atoms with Crippen LogP contribution < -0.4 is 10.5 Å². The van der Waals surface area contributed by atoms with Crippen molar-refractivity contribution in [3.8, 4) is 0 Å². The highest BCUT2D eigenvalue weighted by atomic mass is 35.5. The largest absolute Gasteiger partial charge is 0.477 e. The van der Waals surface area contributed by atoms with E-state index in [0.717, 1.165) is 16.9 Å². The minimum Gasteiger partial charge on any atom is -0.477 e. The molecule has 0 saturated carbocycles. The van der Waals surface area contributed by atoms with Gasteiger partial charge in [0.15, 0.2) is 5.58 Å². The number of aromatic carboxylic acids is 1. The molecule has 0 saturated heterocycles. The van der Waals surface area contributed by atoms with Crippen molar-refractivity contribution in [3.05, 3.63) is 62.5 Å². The lowest BCUT2D eigenvalue weighted by Gasteiger charge is -2.16. The number of nitrogens with zero attached hydrogens (tertiary/aromatic N) is 1. The first-order chi connectivity index (χ1) is 11.8. The average Bonchev–Trinajstić information content (AvgIpc) is 2.97. The Morgan fingerprint density at radius 3 is 2.60 bits per heavy atom. The highest BCUT2D eigenvalue weighted by Crippen LogP contribution is 2.33. The standard InChI is InChI=1S/C17H12ClNO5S/c1-8-3-4-11(18)9(5-8)15(20)19(2)14-7-12-13(25-14)6-10(16(21)22)17(23)24-12/h3-7H,1-2H3,(H,21,22). The molecule has 2 heterocycles. The van der Waals surface area contributed by atoms with Crippen LogP contribution in [0.3, 0.4) is 0 Å². The number of carbonyl (C=O) groups is 2. The van der Waals surface area contributed by atoms with Gasteiger partial charge in [-0.3, -0.25) is 4.79 Å². The SMILES string of the molecule is Cc1ccc(Cl)c(C(=O)N(C)c2cc3oc(=O)c(C(=O)O)cc3s2)c1. The molecule has 128 valence electrons. The molecular formula is C17H12ClNO5S. The average molecular weight is 378 g/mol. The van der Waals surface area contributed by atoms with Crippen LogP contribution in [0.5, 0.6) is 0 Å². The maximum Gasteiger partial charge on any atom is 0.351 e. The Hall–Kier alpha value is -2.64. The number of anilines is 1. The van der Waals surface area contributed by atoms with Gasteiger partial charge in [-0.25, -0.2) is 9.59 Å². The number of carbonyl (C=O) groups excluding carboxylic acids is 1. The van der Waals surface area contributed by atoms with Gasteiger partial charge in [-0.05, 0) is 25.1 Å². The highest BCUT2D eigenvalue weighted by molar-refractivity contribution is 7.22. The molecule has 6 nitrogen and oxygen atoms in total. The molecule has 0 fully saturated rings. The maximum absolute atomic E-state index is 12.7. The normalized spacial score (nSPS) is 10.8. The summed E-state index contributed by atoms with van der Waals surface area (Å²) in [4.78, 5) is 36.8. The van der Waals surface area contributed by atoms with Crippen LogP contribution in [0.1, 0.15) is 26.3 Å². The van der Waals surface area contributed by atoms with E-state index in [1.54, 1.807) is 25.2 Å². The third kappa shape index (κ3) is 3.16. The molecule has 3 rings (SSSR count). The third-order valence-corrected chi connectivity index (χ3v) is 5.10. The number of aryl methyl sites for hydroxylation is 1. The van der Waals surface area contributed by atoms with E-state index in [1.165, 1.54) is 17.0 Å². The van der Waals surface area contributed by atoms with E-state index in [-0.39, 0.29) is 11.5 Å². The molecule has 1 amide bonds. The summed E-state index contributed by atoms with van der Waals surface area (Å²) in [5.74, 6) is -1.68. The minimum atomic E-state index is -1.36. The lowest BCUT2D eigenvalue weighted by Crippen LogP contribution is -2.25. The second-order valence-electron chi connectivity index (χ2n) is 5.41. The lowest BCUT2D eigenvalue weighted by molar-refractivity contribution is 0.0692. The monoisotopic (exact) mass is 377 g/mol. The highest BCUT2D eigenvalue weighted by Gasteiger charge is 2.20. The zero-order valence-corrected chi connectivity index (χ0v) is 14.8. The fourth-order valence-electron chi connectivity index (χ4n) is 2.30. The summed E-state index contributed by atoms with van der Waals surface area (Å²) in [6.45, 7) is 1.86. The minimum absolute atomic E-state index is 0.227. The molecule has 0 atom stereocenters. The Kier molecular flexibility index (Phi) is 4.36. The number of amides is 1. The zero-order chi connectivity index (χ0) is 18.3. The second kappa shape index (κ2) is 6.34. The van der Waals surface area contributed by atoms with Crippen LogP contribution in [0.4, 0.5) is 5.00 Å². The molecule has 0 radical (unpaired) electrons. The van der Waals surface area contributed by atoms with Crippen LogP contribution in [-0.2, 0) is 0 Å². The number of benzene rings is 1. The smallest absolute Gasteiger partial charge is 0.351 e. The topological polar surface area (TPSA) is 87.8 Å². The molecule has 1 aromatic carbocycles. The molecule has 8 heteroatoms. The summed E-state index contributed by atoms with van der Waals surface area (Å²) in [7, 11) is 1.57. The number of carboxylic acids is 1. The number of hydrogen-bond donors (Lipinski definition) is 1. The first-order valence-corrected chi connectivity index (χ1v) is 8.32. The molecular weight excluding hydrogens is 366 g/mol. The van der Waals surface area contributed by atoms with Gasteiger partial charge in [-0.15, -0.1) is 11.3 Å². The number of rotatable bonds is 3. The van der Waals surface area contributed by atoms with E-state index in [2.05, 4.69) is 0 Å². The van der Waals surface area contributed by atoms with E-state index in [4.69, 9.17) is 21.1 Å². The van der Waals surface area contributed by atoms with Crippen LogP contribution >= 0.6 is 22.9 Å². The van der Waals surface area contributed by atoms with Crippen molar-refractivity contribution in [1.29, 1.82) is 0 Å². The van der Waals surface area contributed by atoms with Gasteiger partial charge in [0.25, 0.3) is 5.91 Å². The van der Waals surface area contributed by atoms with E-state index < -0.39 is 17.2 Å². The number of carboxylic acid groups (broad SMARTS) is 1. The van der Waals surface area contributed by atoms with Crippen LogP contribution in [0.15, 0.2) is 39.5 Å². The summed E-state index contributed by atoms with van der Waals surface area (Å²) in [5.41, 5.74) is 0.102. The third-order valence-electron chi connectivity index (χ3n) is 3.63. The zero-order valence-electron chi connectivity index (χ0n) is 13.2. The van der Waals surface area contributed by atoms with Crippen molar-refractivity contribution < 1.29 is 19.1 Å². The van der Waals surface area contributed by atoms with Crippen LogP contribution in [-0.4, -0.2) is 24.0 Å². The Morgan fingerprint density at radius 2 is 1.92 bits per heavy atom. The molecule has 25 heavy (non-hydrogen) atoms. The van der Waals surface area contributed by atoms with E-state index >= 15 is 0 Å². The summed E-state index contributed by atoms with van der Waals surface area (Å²) < 4.78 is 5.48. The summed E-state index contributed by atoms with van der Waals surface area (Å²) in [6, 6.07) is 7.92. The van der Waals surface area contributed by atoms with Gasteiger partial charge in [0.05, 0.1) is 15.3 Å². The van der Waals surface area contributed by atoms with Gasteiger partial charge in [0.1, 0.15) is 10.6 Å². The van der Waals surface area contributed by atoms with Crippen LogP contribution in [0.2, 0.25) is 5.02 Å². The fraction of sp³-hybridized carbons (Fsp3) is 0.118. The predicted octanol–water partition coefficient (Wildman–Crippen LogP) is 3.79. The molecule has 0 aliphatic heterocycles. The molecule has 1 N–H and O–H groups in total. The van der Waals surface area contributed by atoms with Crippen molar-refractivity contribution in [2.45, 2.75) is 6.92 Å². The van der Waals surface area contributed by atoms with Gasteiger partial charge in [0, 0.05) is 13.1 Å². The molecule has 3 aromatic rings. The number of thiophene rings is 1. The number of fused-ring (bicyclic) bond motifs is 1. The maximum atomic E-state index is 12.7. The van der Waals surface area contributed by atoms with E-state index in [9.17, 15) is 14.4 Å². The van der Waals surface area contributed by atoms with Gasteiger partial charge >= 0.3 is 11.6 Å². The Balaban J connectivity index is 2.03. The van der Waals surface area contributed by atoms with Crippen molar-refractivity contribution >= 4 is 50.1 Å². The van der Waals surface area contributed by atoms with Crippen LogP contribution in [0, 0.1) is 6.92 Å². The first-order valence-electron chi connectivity index (χ1n) is 7.13. The van der Waals surface area contributed by atoms with Crippen molar-refractivity contribution in [3.63, 3.8) is 0 Å². The van der Waals surface area contributed by atoms with Crippen molar-refractivity contribution in [1.82, 2.24) is 0 Å². The molecule has 2 aromatic heterocycles.